The summed E-state index contributed by atoms with van der Waals surface area (Å²) in [6.07, 6.45) is 3.91. The summed E-state index contributed by atoms with van der Waals surface area (Å²) in [6.45, 7) is 3.41. The SMILES string of the molecule is Cc1cc2c(=O)c(C)cn(C3CC3)c2c(Cl)c1F. The lowest BCUT2D eigenvalue weighted by atomic mass is 10.1. The van der Waals surface area contributed by atoms with Crippen LogP contribution in [0.5, 0.6) is 0 Å². The van der Waals surface area contributed by atoms with E-state index in [1.807, 2.05) is 4.57 Å². The lowest BCUT2D eigenvalue weighted by Crippen LogP contribution is -2.13. The Hall–Kier alpha value is -1.35. The minimum Gasteiger partial charge on any atom is -0.343 e. The van der Waals surface area contributed by atoms with Gasteiger partial charge in [0.2, 0.25) is 0 Å². The van der Waals surface area contributed by atoms with Crippen molar-refractivity contribution in [2.75, 3.05) is 0 Å². The number of hydrogen-bond donors (Lipinski definition) is 0. The fourth-order valence-corrected chi connectivity index (χ4v) is 2.70. The minimum absolute atomic E-state index is 0.0631. The van der Waals surface area contributed by atoms with Crippen LogP contribution in [-0.2, 0) is 0 Å². The molecule has 0 unspecified atom stereocenters. The van der Waals surface area contributed by atoms with Gasteiger partial charge in [0.15, 0.2) is 5.43 Å². The van der Waals surface area contributed by atoms with Gasteiger partial charge >= 0.3 is 0 Å². The van der Waals surface area contributed by atoms with E-state index in [2.05, 4.69) is 0 Å². The number of pyridine rings is 1. The number of hydrogen-bond acceptors (Lipinski definition) is 1. The van der Waals surface area contributed by atoms with E-state index < -0.39 is 5.82 Å². The van der Waals surface area contributed by atoms with Gasteiger partial charge in [-0.1, -0.05) is 11.6 Å². The highest BCUT2D eigenvalue weighted by atomic mass is 35.5. The summed E-state index contributed by atoms with van der Waals surface area (Å²) < 4.78 is 15.9. The average Bonchev–Trinajstić information content (AvgIpc) is 3.15. The van der Waals surface area contributed by atoms with Gasteiger partial charge in [0.1, 0.15) is 10.8 Å². The van der Waals surface area contributed by atoms with E-state index in [1.165, 1.54) is 0 Å². The Morgan fingerprint density at radius 2 is 2.00 bits per heavy atom. The highest BCUT2D eigenvalue weighted by Crippen LogP contribution is 2.39. The number of nitrogens with zero attached hydrogens (tertiary/aromatic N) is 1. The number of aromatic nitrogens is 1. The molecule has 0 amide bonds. The van der Waals surface area contributed by atoms with E-state index in [9.17, 15) is 9.18 Å². The second-order valence-electron chi connectivity index (χ2n) is 5.00. The molecule has 3 rings (SSSR count). The van der Waals surface area contributed by atoms with Crippen LogP contribution in [0.1, 0.15) is 30.0 Å². The minimum atomic E-state index is -0.429. The molecular weight excluding hydrogens is 253 g/mol. The zero-order chi connectivity index (χ0) is 13.0. The van der Waals surface area contributed by atoms with Crippen LogP contribution in [0.25, 0.3) is 10.9 Å². The molecule has 1 aliphatic carbocycles. The highest BCUT2D eigenvalue weighted by molar-refractivity contribution is 6.35. The smallest absolute Gasteiger partial charge is 0.192 e. The summed E-state index contributed by atoms with van der Waals surface area (Å²) in [5.41, 5.74) is 1.57. The van der Waals surface area contributed by atoms with Crippen molar-refractivity contribution < 1.29 is 4.39 Å². The number of halogens is 2. The molecule has 18 heavy (non-hydrogen) atoms. The molecule has 2 nitrogen and oxygen atoms in total. The predicted molar refractivity (Wildman–Crippen MR) is 70.9 cm³/mol. The monoisotopic (exact) mass is 265 g/mol. The summed E-state index contributed by atoms with van der Waals surface area (Å²) in [5, 5.41) is 0.583. The zero-order valence-corrected chi connectivity index (χ0v) is 11.0. The molecule has 1 saturated carbocycles. The standard InChI is InChI=1S/C14H13ClFNO/c1-7-5-10-13(11(15)12(7)16)17(9-3-4-9)6-8(2)14(10)18/h5-6,9H,3-4H2,1-2H3. The van der Waals surface area contributed by atoms with Crippen molar-refractivity contribution in [3.63, 3.8) is 0 Å². The van der Waals surface area contributed by atoms with Crippen LogP contribution in [0.2, 0.25) is 5.02 Å². The number of aryl methyl sites for hydroxylation is 2. The normalized spacial score (nSPS) is 15.3. The first kappa shape index (κ1) is 11.7. The first-order chi connectivity index (χ1) is 8.50. The predicted octanol–water partition coefficient (Wildman–Crippen LogP) is 3.75. The van der Waals surface area contributed by atoms with Gasteiger partial charge in [0, 0.05) is 23.2 Å². The Bertz CT molecular complexity index is 716. The first-order valence-corrected chi connectivity index (χ1v) is 6.38. The van der Waals surface area contributed by atoms with Crippen molar-refractivity contribution in [3.8, 4) is 0 Å². The van der Waals surface area contributed by atoms with E-state index in [-0.39, 0.29) is 10.5 Å². The second kappa shape index (κ2) is 3.82. The van der Waals surface area contributed by atoms with E-state index in [1.54, 1.807) is 26.1 Å². The lowest BCUT2D eigenvalue weighted by molar-refractivity contribution is 0.618. The van der Waals surface area contributed by atoms with E-state index in [0.717, 1.165) is 12.8 Å². The topological polar surface area (TPSA) is 22.0 Å². The largest absolute Gasteiger partial charge is 0.343 e. The molecule has 2 aromatic rings. The quantitative estimate of drug-likeness (QED) is 0.770. The molecule has 1 fully saturated rings. The maximum Gasteiger partial charge on any atom is 0.192 e. The van der Waals surface area contributed by atoms with E-state index in [4.69, 9.17) is 11.6 Å². The molecule has 0 radical (unpaired) electrons. The molecule has 1 aromatic heterocycles. The van der Waals surface area contributed by atoms with Crippen molar-refractivity contribution in [1.82, 2.24) is 4.57 Å². The maximum atomic E-state index is 13.9. The Morgan fingerprint density at radius 1 is 1.33 bits per heavy atom. The highest BCUT2D eigenvalue weighted by Gasteiger charge is 2.27. The van der Waals surface area contributed by atoms with E-state index >= 15 is 0 Å². The summed E-state index contributed by atoms with van der Waals surface area (Å²) >= 11 is 6.10. The van der Waals surface area contributed by atoms with Crippen LogP contribution in [-0.4, -0.2) is 4.57 Å². The summed E-state index contributed by atoms with van der Waals surface area (Å²) in [5.74, 6) is -0.429. The number of fused-ring (bicyclic) bond motifs is 1. The molecule has 0 bridgehead atoms. The third kappa shape index (κ3) is 1.57. The van der Waals surface area contributed by atoms with Gasteiger partial charge in [0.25, 0.3) is 0 Å². The summed E-state index contributed by atoms with van der Waals surface area (Å²) in [4.78, 5) is 12.1. The van der Waals surface area contributed by atoms with Gasteiger partial charge in [-0.3, -0.25) is 4.79 Å². The molecule has 1 aromatic carbocycles. The molecule has 0 spiro atoms. The molecule has 1 aliphatic rings. The molecule has 94 valence electrons. The van der Waals surface area contributed by atoms with Gasteiger partial charge in [-0.25, -0.2) is 4.39 Å². The fourth-order valence-electron chi connectivity index (χ4n) is 2.35. The molecule has 0 aliphatic heterocycles. The Kier molecular flexibility index (Phi) is 2.49. The Labute approximate surface area is 109 Å². The molecule has 0 atom stereocenters. The number of benzene rings is 1. The summed E-state index contributed by atoms with van der Waals surface area (Å²) in [6, 6.07) is 1.96. The van der Waals surface area contributed by atoms with Crippen LogP contribution in [0.4, 0.5) is 4.39 Å². The lowest BCUT2D eigenvalue weighted by Gasteiger charge is -2.14. The Balaban J connectivity index is 2.53. The van der Waals surface area contributed by atoms with Crippen LogP contribution in [0.15, 0.2) is 17.1 Å². The van der Waals surface area contributed by atoms with Crippen molar-refractivity contribution in [3.05, 3.63) is 44.5 Å². The third-order valence-electron chi connectivity index (χ3n) is 3.50. The summed E-state index contributed by atoms with van der Waals surface area (Å²) in [7, 11) is 0. The molecular formula is C14H13ClFNO. The average molecular weight is 266 g/mol. The zero-order valence-electron chi connectivity index (χ0n) is 10.3. The van der Waals surface area contributed by atoms with Gasteiger partial charge < -0.3 is 4.57 Å². The second-order valence-corrected chi connectivity index (χ2v) is 5.38. The molecule has 1 heterocycles. The molecule has 4 heteroatoms. The van der Waals surface area contributed by atoms with Crippen LogP contribution in [0.3, 0.4) is 0 Å². The first-order valence-electron chi connectivity index (χ1n) is 6.00. The third-order valence-corrected chi connectivity index (χ3v) is 3.84. The maximum absolute atomic E-state index is 13.9. The number of rotatable bonds is 1. The molecule has 0 N–H and O–H groups in total. The van der Waals surface area contributed by atoms with Gasteiger partial charge in [0.05, 0.1) is 5.52 Å². The van der Waals surface area contributed by atoms with Crippen LogP contribution >= 0.6 is 11.6 Å². The van der Waals surface area contributed by atoms with Crippen LogP contribution in [0, 0.1) is 19.7 Å². The van der Waals surface area contributed by atoms with Crippen molar-refractivity contribution >= 4 is 22.5 Å². The van der Waals surface area contributed by atoms with Crippen molar-refractivity contribution in [2.24, 2.45) is 0 Å². The fraction of sp³-hybridized carbons (Fsp3) is 0.357. The van der Waals surface area contributed by atoms with Crippen LogP contribution < -0.4 is 5.43 Å². The van der Waals surface area contributed by atoms with Gasteiger partial charge in [-0.15, -0.1) is 0 Å². The van der Waals surface area contributed by atoms with Crippen molar-refractivity contribution in [2.45, 2.75) is 32.7 Å². The van der Waals surface area contributed by atoms with Gasteiger partial charge in [-0.05, 0) is 38.3 Å². The molecule has 0 saturated heterocycles. The van der Waals surface area contributed by atoms with Crippen molar-refractivity contribution in [1.29, 1.82) is 0 Å². The van der Waals surface area contributed by atoms with E-state index in [0.29, 0.717) is 28.1 Å². The van der Waals surface area contributed by atoms with Gasteiger partial charge in [-0.2, -0.15) is 0 Å². The Morgan fingerprint density at radius 3 is 2.61 bits per heavy atom.